The molecule has 0 aliphatic carbocycles. The lowest BCUT2D eigenvalue weighted by molar-refractivity contribution is -0.122. The number of H-pyrrole nitrogens is 1. The van der Waals surface area contributed by atoms with Crippen LogP contribution >= 0.6 is 11.3 Å². The predicted molar refractivity (Wildman–Crippen MR) is 130 cm³/mol. The molecule has 9 nitrogen and oxygen atoms in total. The maximum absolute atomic E-state index is 13.1. The van der Waals surface area contributed by atoms with Gasteiger partial charge in [-0.25, -0.2) is 9.97 Å². The van der Waals surface area contributed by atoms with Crippen LogP contribution in [0.3, 0.4) is 0 Å². The number of fused-ring (bicyclic) bond motifs is 2. The van der Waals surface area contributed by atoms with Crippen molar-refractivity contribution in [1.29, 1.82) is 5.26 Å². The Bertz CT molecular complexity index is 1570. The van der Waals surface area contributed by atoms with Crippen LogP contribution in [0.2, 0.25) is 0 Å². The van der Waals surface area contributed by atoms with E-state index in [2.05, 4.69) is 16.4 Å². The zero-order valence-corrected chi connectivity index (χ0v) is 18.8. The van der Waals surface area contributed by atoms with Gasteiger partial charge in [0.05, 0.1) is 38.6 Å². The molecule has 0 saturated carbocycles. The molecule has 168 valence electrons. The molecule has 0 atom stereocenters. The van der Waals surface area contributed by atoms with Crippen molar-refractivity contribution in [3.8, 4) is 6.07 Å². The molecule has 10 heteroatoms. The largest absolute Gasteiger partial charge is 0.360 e. The second kappa shape index (κ2) is 7.48. The van der Waals surface area contributed by atoms with Crippen LogP contribution in [0.5, 0.6) is 0 Å². The number of aromatic amines is 1. The zero-order chi connectivity index (χ0) is 23.4. The fourth-order valence-electron chi connectivity index (χ4n) is 4.58. The van der Waals surface area contributed by atoms with E-state index in [4.69, 9.17) is 15.7 Å². The van der Waals surface area contributed by atoms with Crippen LogP contribution in [0, 0.1) is 11.3 Å². The highest BCUT2D eigenvalue weighted by molar-refractivity contribution is 7.17. The number of benzene rings is 1. The number of hydrogen-bond donors (Lipinski definition) is 3. The quantitative estimate of drug-likeness (QED) is 0.392. The number of imide groups is 1. The van der Waals surface area contributed by atoms with Gasteiger partial charge in [0.15, 0.2) is 0 Å². The van der Waals surface area contributed by atoms with Crippen molar-refractivity contribution in [2.24, 2.45) is 5.73 Å². The molecule has 5 heterocycles. The number of nitrogens with one attached hydrogen (secondary N) is 2. The average molecular weight is 470 g/mol. The van der Waals surface area contributed by atoms with Gasteiger partial charge in [0.2, 0.25) is 5.95 Å². The third-order valence-electron chi connectivity index (χ3n) is 6.47. The Kier molecular flexibility index (Phi) is 4.52. The summed E-state index contributed by atoms with van der Waals surface area (Å²) in [4.78, 5) is 40.7. The van der Waals surface area contributed by atoms with Gasteiger partial charge in [0.25, 0.3) is 11.8 Å². The van der Waals surface area contributed by atoms with E-state index in [0.717, 1.165) is 10.2 Å². The number of thiophene rings is 1. The topological polar surface area (TPSA) is 141 Å². The minimum absolute atomic E-state index is 0.237. The third kappa shape index (κ3) is 3.09. The van der Waals surface area contributed by atoms with E-state index in [-0.39, 0.29) is 5.57 Å². The molecule has 0 spiro atoms. The molecule has 4 aromatic rings. The van der Waals surface area contributed by atoms with Crippen molar-refractivity contribution >= 4 is 61.4 Å². The fraction of sp³-hybridized carbons (Fsp3) is 0.208. The van der Waals surface area contributed by atoms with E-state index in [0.29, 0.717) is 59.6 Å². The molecule has 34 heavy (non-hydrogen) atoms. The van der Waals surface area contributed by atoms with Crippen LogP contribution in [0.4, 0.5) is 5.95 Å². The van der Waals surface area contributed by atoms with Crippen LogP contribution in [0.15, 0.2) is 41.9 Å². The van der Waals surface area contributed by atoms with Gasteiger partial charge >= 0.3 is 0 Å². The van der Waals surface area contributed by atoms with Crippen LogP contribution in [0.25, 0.3) is 32.3 Å². The number of nitrogens with zero attached hydrogens (tertiary/aromatic N) is 4. The Hall–Kier alpha value is -4.07. The van der Waals surface area contributed by atoms with E-state index in [9.17, 15) is 14.9 Å². The van der Waals surface area contributed by atoms with Gasteiger partial charge in [0.1, 0.15) is 5.54 Å². The molecular formula is C24H19N7O2S. The maximum atomic E-state index is 13.1. The summed E-state index contributed by atoms with van der Waals surface area (Å²) in [5.41, 5.74) is 8.48. The Labute approximate surface area is 197 Å². The summed E-state index contributed by atoms with van der Waals surface area (Å²) in [5.74, 6) is -0.480. The first-order valence-corrected chi connectivity index (χ1v) is 11.7. The minimum atomic E-state index is -0.857. The van der Waals surface area contributed by atoms with Gasteiger partial charge < -0.3 is 15.6 Å². The summed E-state index contributed by atoms with van der Waals surface area (Å²) in [6.45, 7) is 1.04. The molecule has 1 saturated heterocycles. The normalized spacial score (nSPS) is 18.1. The van der Waals surface area contributed by atoms with E-state index in [1.165, 1.54) is 11.3 Å². The highest BCUT2D eigenvalue weighted by atomic mass is 32.1. The van der Waals surface area contributed by atoms with Crippen molar-refractivity contribution in [3.63, 3.8) is 0 Å². The molecule has 2 aliphatic heterocycles. The second-order valence-electron chi connectivity index (χ2n) is 8.54. The summed E-state index contributed by atoms with van der Waals surface area (Å²) in [5, 5.41) is 14.4. The monoisotopic (exact) mass is 469 g/mol. The van der Waals surface area contributed by atoms with E-state index in [1.54, 1.807) is 6.20 Å². The second-order valence-corrected chi connectivity index (χ2v) is 9.46. The average Bonchev–Trinajstić information content (AvgIpc) is 3.53. The summed E-state index contributed by atoms with van der Waals surface area (Å²) >= 11 is 1.50. The number of hydrogen-bond acceptors (Lipinski definition) is 8. The Balaban J connectivity index is 1.55. The number of anilines is 1. The number of nitrogens with two attached hydrogens (primary N) is 1. The van der Waals surface area contributed by atoms with Crippen LogP contribution in [0.1, 0.15) is 24.1 Å². The van der Waals surface area contributed by atoms with Crippen molar-refractivity contribution in [1.82, 2.24) is 20.3 Å². The van der Waals surface area contributed by atoms with E-state index >= 15 is 0 Å². The highest BCUT2D eigenvalue weighted by Crippen LogP contribution is 2.38. The van der Waals surface area contributed by atoms with Crippen molar-refractivity contribution < 1.29 is 9.59 Å². The van der Waals surface area contributed by atoms with Gasteiger partial charge in [-0.3, -0.25) is 14.9 Å². The van der Waals surface area contributed by atoms with Gasteiger partial charge in [-0.15, -0.1) is 11.3 Å². The molecule has 2 aliphatic rings. The highest BCUT2D eigenvalue weighted by Gasteiger charge is 2.37. The summed E-state index contributed by atoms with van der Waals surface area (Å²) in [6.07, 6.45) is 2.73. The molecule has 0 bridgehead atoms. The number of para-hydroxylation sites is 1. The van der Waals surface area contributed by atoms with Gasteiger partial charge in [0, 0.05) is 30.2 Å². The molecule has 2 amide bonds. The SMILES string of the molecule is N#CC1(N)CCN(c2nc(C3=C(c4c[nH]c5ccsc45)C(=O)NC3=O)c3ccccc3n2)CC1. The van der Waals surface area contributed by atoms with Crippen molar-refractivity contribution in [2.75, 3.05) is 18.0 Å². The third-order valence-corrected chi connectivity index (χ3v) is 7.42. The van der Waals surface area contributed by atoms with Crippen molar-refractivity contribution in [3.05, 3.63) is 53.2 Å². The van der Waals surface area contributed by atoms with Gasteiger partial charge in [-0.1, -0.05) is 18.2 Å². The van der Waals surface area contributed by atoms with Crippen molar-refractivity contribution in [2.45, 2.75) is 18.4 Å². The molecular weight excluding hydrogens is 450 g/mol. The maximum Gasteiger partial charge on any atom is 0.261 e. The lowest BCUT2D eigenvalue weighted by atomic mass is 9.90. The smallest absolute Gasteiger partial charge is 0.261 e. The minimum Gasteiger partial charge on any atom is -0.360 e. The first kappa shape index (κ1) is 20.5. The lowest BCUT2D eigenvalue weighted by Crippen LogP contribution is -2.49. The summed E-state index contributed by atoms with van der Waals surface area (Å²) in [7, 11) is 0. The first-order chi connectivity index (χ1) is 16.5. The van der Waals surface area contributed by atoms with Crippen LogP contribution in [-0.4, -0.2) is 45.4 Å². The number of carbonyl (C=O) groups excluding carboxylic acids is 2. The predicted octanol–water partition coefficient (Wildman–Crippen LogP) is 2.56. The zero-order valence-electron chi connectivity index (χ0n) is 18.0. The molecule has 0 radical (unpaired) electrons. The molecule has 0 unspecified atom stereocenters. The molecule has 1 aromatic carbocycles. The summed E-state index contributed by atoms with van der Waals surface area (Å²) < 4.78 is 0.905. The molecule has 4 N–H and O–H groups in total. The standard InChI is InChI=1S/C24H19N7O2S/c25-12-24(26)6-8-31(9-7-24)23-28-15-4-2-1-3-13(15)19(29-23)18-17(21(32)30-22(18)33)14-11-27-16-5-10-34-20(14)16/h1-5,10-11,27H,6-9,26H2,(H,30,32,33). The molecule has 1 fully saturated rings. The summed E-state index contributed by atoms with van der Waals surface area (Å²) in [6, 6.07) is 11.6. The number of nitriles is 1. The molecule has 6 rings (SSSR count). The van der Waals surface area contributed by atoms with Gasteiger partial charge in [-0.05, 0) is 30.4 Å². The Morgan fingerprint density at radius 3 is 2.65 bits per heavy atom. The molecule has 3 aromatic heterocycles. The Morgan fingerprint density at radius 2 is 1.85 bits per heavy atom. The van der Waals surface area contributed by atoms with E-state index < -0.39 is 17.4 Å². The van der Waals surface area contributed by atoms with Crippen LogP contribution in [-0.2, 0) is 9.59 Å². The number of piperidine rings is 1. The van der Waals surface area contributed by atoms with E-state index in [1.807, 2.05) is 40.6 Å². The fourth-order valence-corrected chi connectivity index (χ4v) is 5.47. The lowest BCUT2D eigenvalue weighted by Gasteiger charge is -2.34. The number of carbonyl (C=O) groups is 2. The van der Waals surface area contributed by atoms with Crippen LogP contribution < -0.4 is 16.0 Å². The van der Waals surface area contributed by atoms with Gasteiger partial charge in [-0.2, -0.15) is 5.26 Å². The Morgan fingerprint density at radius 1 is 1.09 bits per heavy atom. The number of amides is 2. The number of rotatable bonds is 3. The number of aromatic nitrogens is 3. The first-order valence-electron chi connectivity index (χ1n) is 10.8.